The van der Waals surface area contributed by atoms with Gasteiger partial charge in [0.15, 0.2) is 0 Å². The van der Waals surface area contributed by atoms with Gasteiger partial charge in [-0.1, -0.05) is 11.6 Å². The van der Waals surface area contributed by atoms with Crippen LogP contribution in [0, 0.1) is 13.8 Å². The number of carbonyl (C=O) groups is 1. The SMILES string of the molecule is Cc1nn(CC(=O)N2CCC[C@@H]2[C@H]2CCCN2C)c(C)c1Cl. The summed E-state index contributed by atoms with van der Waals surface area (Å²) in [4.78, 5) is 17.3. The Morgan fingerprint density at radius 2 is 1.91 bits per heavy atom. The molecule has 2 atom stereocenters. The van der Waals surface area contributed by atoms with E-state index in [1.807, 2.05) is 13.8 Å². The molecule has 0 aromatic carbocycles. The third kappa shape index (κ3) is 2.76. The highest BCUT2D eigenvalue weighted by Gasteiger charge is 2.38. The number of nitrogens with zero attached hydrogens (tertiary/aromatic N) is 4. The summed E-state index contributed by atoms with van der Waals surface area (Å²) in [6, 6.07) is 0.892. The van der Waals surface area contributed by atoms with E-state index < -0.39 is 0 Å². The van der Waals surface area contributed by atoms with E-state index in [4.69, 9.17) is 11.6 Å². The largest absolute Gasteiger partial charge is 0.337 e. The van der Waals surface area contributed by atoms with Crippen LogP contribution in [0.1, 0.15) is 37.1 Å². The van der Waals surface area contributed by atoms with Crippen LogP contribution in [-0.2, 0) is 11.3 Å². The minimum absolute atomic E-state index is 0.171. The zero-order chi connectivity index (χ0) is 15.9. The average Bonchev–Trinajstić information content (AvgIpc) is 3.16. The lowest BCUT2D eigenvalue weighted by atomic mass is 10.0. The monoisotopic (exact) mass is 324 g/mol. The Kier molecular flexibility index (Phi) is 4.46. The predicted octanol–water partition coefficient (Wildman–Crippen LogP) is 2.24. The molecule has 0 saturated carbocycles. The number of rotatable bonds is 3. The van der Waals surface area contributed by atoms with Crippen LogP contribution in [0.25, 0.3) is 0 Å². The minimum atomic E-state index is 0.171. The van der Waals surface area contributed by atoms with E-state index in [0.29, 0.717) is 23.7 Å². The summed E-state index contributed by atoms with van der Waals surface area (Å²) < 4.78 is 1.74. The van der Waals surface area contributed by atoms with Gasteiger partial charge in [0.2, 0.25) is 5.91 Å². The molecule has 0 aliphatic carbocycles. The molecule has 2 aliphatic rings. The lowest BCUT2D eigenvalue weighted by Crippen LogP contribution is -2.48. The Morgan fingerprint density at radius 1 is 1.23 bits per heavy atom. The third-order valence-electron chi connectivity index (χ3n) is 5.22. The second-order valence-electron chi connectivity index (χ2n) is 6.63. The molecular formula is C16H25ClN4O. The van der Waals surface area contributed by atoms with Gasteiger partial charge in [0.25, 0.3) is 0 Å². The van der Waals surface area contributed by atoms with Crippen LogP contribution in [0.3, 0.4) is 0 Å². The van der Waals surface area contributed by atoms with Gasteiger partial charge < -0.3 is 9.80 Å². The number of amides is 1. The standard InChI is InChI=1S/C16H25ClN4O/c1-11-16(17)12(2)21(18-11)10-15(22)20-9-5-7-14(20)13-6-4-8-19(13)3/h13-14H,4-10H2,1-3H3/t13-,14-/m1/s1. The summed E-state index contributed by atoms with van der Waals surface area (Å²) in [6.07, 6.45) is 4.68. The summed E-state index contributed by atoms with van der Waals surface area (Å²) in [6.45, 7) is 6.12. The van der Waals surface area contributed by atoms with Crippen molar-refractivity contribution in [1.29, 1.82) is 0 Å². The van der Waals surface area contributed by atoms with Gasteiger partial charge in [-0.3, -0.25) is 9.48 Å². The minimum Gasteiger partial charge on any atom is -0.337 e. The summed E-state index contributed by atoms with van der Waals surface area (Å²) in [5, 5.41) is 5.05. The third-order valence-corrected chi connectivity index (χ3v) is 5.77. The predicted molar refractivity (Wildman–Crippen MR) is 87.1 cm³/mol. The van der Waals surface area contributed by atoms with Gasteiger partial charge in [-0.25, -0.2) is 0 Å². The van der Waals surface area contributed by atoms with E-state index in [1.165, 1.54) is 12.8 Å². The first-order valence-corrected chi connectivity index (χ1v) is 8.56. The second-order valence-corrected chi connectivity index (χ2v) is 7.01. The summed E-state index contributed by atoms with van der Waals surface area (Å²) in [5.41, 5.74) is 1.67. The smallest absolute Gasteiger partial charge is 0.244 e. The molecule has 1 amide bonds. The Hall–Kier alpha value is -1.07. The van der Waals surface area contributed by atoms with Crippen molar-refractivity contribution in [1.82, 2.24) is 19.6 Å². The lowest BCUT2D eigenvalue weighted by molar-refractivity contribution is -0.133. The quantitative estimate of drug-likeness (QED) is 0.856. The molecule has 0 N–H and O–H groups in total. The lowest BCUT2D eigenvalue weighted by Gasteiger charge is -2.33. The average molecular weight is 325 g/mol. The van der Waals surface area contributed by atoms with Crippen molar-refractivity contribution in [3.05, 3.63) is 16.4 Å². The first-order chi connectivity index (χ1) is 10.5. The van der Waals surface area contributed by atoms with Crippen molar-refractivity contribution in [2.45, 2.75) is 58.2 Å². The number of halogens is 1. The number of hydrogen-bond acceptors (Lipinski definition) is 3. The molecule has 1 aromatic heterocycles. The number of aromatic nitrogens is 2. The molecule has 2 aliphatic heterocycles. The molecule has 0 unspecified atom stereocenters. The molecule has 122 valence electrons. The van der Waals surface area contributed by atoms with Crippen LogP contribution in [0.15, 0.2) is 0 Å². The van der Waals surface area contributed by atoms with Crippen LogP contribution in [-0.4, -0.2) is 57.7 Å². The maximum absolute atomic E-state index is 12.8. The van der Waals surface area contributed by atoms with Crippen molar-refractivity contribution < 1.29 is 4.79 Å². The highest BCUT2D eigenvalue weighted by Crippen LogP contribution is 2.29. The maximum atomic E-state index is 12.8. The first-order valence-electron chi connectivity index (χ1n) is 8.18. The van der Waals surface area contributed by atoms with Gasteiger partial charge in [0.1, 0.15) is 6.54 Å². The molecule has 6 heteroatoms. The van der Waals surface area contributed by atoms with Crippen molar-refractivity contribution in [3.63, 3.8) is 0 Å². The van der Waals surface area contributed by atoms with E-state index in [0.717, 1.165) is 37.3 Å². The fourth-order valence-corrected chi connectivity index (χ4v) is 4.11. The van der Waals surface area contributed by atoms with Gasteiger partial charge in [0.05, 0.1) is 16.4 Å². The number of likely N-dealkylation sites (tertiary alicyclic amines) is 2. The van der Waals surface area contributed by atoms with E-state index in [2.05, 4.69) is 21.9 Å². The fourth-order valence-electron chi connectivity index (χ4n) is 3.97. The molecule has 0 radical (unpaired) electrons. The normalized spacial score (nSPS) is 26.1. The molecule has 2 fully saturated rings. The Labute approximate surface area is 137 Å². The molecule has 2 saturated heterocycles. The van der Waals surface area contributed by atoms with Gasteiger partial charge in [-0.15, -0.1) is 0 Å². The second kappa shape index (κ2) is 6.20. The Balaban J connectivity index is 1.72. The van der Waals surface area contributed by atoms with Crippen molar-refractivity contribution in [2.75, 3.05) is 20.1 Å². The van der Waals surface area contributed by atoms with Crippen molar-refractivity contribution >= 4 is 17.5 Å². The fraction of sp³-hybridized carbons (Fsp3) is 0.750. The highest BCUT2D eigenvalue weighted by atomic mass is 35.5. The van der Waals surface area contributed by atoms with Crippen LogP contribution < -0.4 is 0 Å². The number of likely N-dealkylation sites (N-methyl/N-ethyl adjacent to an activating group) is 1. The summed E-state index contributed by atoms with van der Waals surface area (Å²) in [5.74, 6) is 0.171. The molecule has 3 heterocycles. The number of carbonyl (C=O) groups excluding carboxylic acids is 1. The molecular weight excluding hydrogens is 300 g/mol. The highest BCUT2D eigenvalue weighted by molar-refractivity contribution is 6.31. The van der Waals surface area contributed by atoms with E-state index >= 15 is 0 Å². The molecule has 5 nitrogen and oxygen atoms in total. The van der Waals surface area contributed by atoms with Crippen LogP contribution in [0.2, 0.25) is 5.02 Å². The number of aryl methyl sites for hydroxylation is 1. The molecule has 0 bridgehead atoms. The van der Waals surface area contributed by atoms with E-state index in [9.17, 15) is 4.79 Å². The van der Waals surface area contributed by atoms with Crippen LogP contribution in [0.5, 0.6) is 0 Å². The maximum Gasteiger partial charge on any atom is 0.244 e. The van der Waals surface area contributed by atoms with Crippen molar-refractivity contribution in [2.24, 2.45) is 0 Å². The summed E-state index contributed by atoms with van der Waals surface area (Å²) >= 11 is 6.18. The first kappa shape index (κ1) is 15.8. The topological polar surface area (TPSA) is 41.4 Å². The molecule has 3 rings (SSSR count). The zero-order valence-electron chi connectivity index (χ0n) is 13.7. The van der Waals surface area contributed by atoms with Crippen molar-refractivity contribution in [3.8, 4) is 0 Å². The van der Waals surface area contributed by atoms with Gasteiger partial charge in [-0.2, -0.15) is 5.10 Å². The molecule has 1 aromatic rings. The van der Waals surface area contributed by atoms with E-state index in [1.54, 1.807) is 4.68 Å². The summed E-state index contributed by atoms with van der Waals surface area (Å²) in [7, 11) is 2.18. The Bertz CT molecular complexity index is 571. The zero-order valence-corrected chi connectivity index (χ0v) is 14.4. The molecule has 0 spiro atoms. The van der Waals surface area contributed by atoms with Crippen LogP contribution >= 0.6 is 11.6 Å². The van der Waals surface area contributed by atoms with Gasteiger partial charge in [0, 0.05) is 18.6 Å². The Morgan fingerprint density at radius 3 is 2.50 bits per heavy atom. The van der Waals surface area contributed by atoms with Gasteiger partial charge >= 0.3 is 0 Å². The van der Waals surface area contributed by atoms with E-state index in [-0.39, 0.29) is 5.91 Å². The van der Waals surface area contributed by atoms with Crippen LogP contribution in [0.4, 0.5) is 0 Å². The number of hydrogen-bond donors (Lipinski definition) is 0. The van der Waals surface area contributed by atoms with Gasteiger partial charge in [-0.05, 0) is 53.1 Å². The molecule has 22 heavy (non-hydrogen) atoms.